The Morgan fingerprint density at radius 1 is 1.03 bits per heavy atom. The fourth-order valence-corrected chi connectivity index (χ4v) is 3.47. The third kappa shape index (κ3) is 4.41. The number of rotatable bonds is 6. The summed E-state index contributed by atoms with van der Waals surface area (Å²) < 4.78 is 38.5. The molecule has 30 heavy (non-hydrogen) atoms. The minimum atomic E-state index is -4.09. The van der Waals surface area contributed by atoms with Gasteiger partial charge in [-0.3, -0.25) is 14.9 Å². The second-order valence-corrected chi connectivity index (χ2v) is 7.66. The summed E-state index contributed by atoms with van der Waals surface area (Å²) in [5.74, 6) is -0.724. The van der Waals surface area contributed by atoms with Crippen molar-refractivity contribution in [3.8, 4) is 11.5 Å². The Bertz CT molecular complexity index is 1170. The fourth-order valence-electron chi connectivity index (χ4n) is 2.55. The number of nitrogen functional groups attached to an aromatic ring is 1. The van der Waals surface area contributed by atoms with Crippen LogP contribution in [0.25, 0.3) is 0 Å². The molecule has 0 bridgehead atoms. The summed E-state index contributed by atoms with van der Waals surface area (Å²) in [6.45, 7) is 0. The van der Waals surface area contributed by atoms with Crippen molar-refractivity contribution in [2.24, 2.45) is 4.40 Å². The second kappa shape index (κ2) is 8.25. The molecule has 1 heterocycles. The topological polar surface area (TPSA) is 149 Å². The van der Waals surface area contributed by atoms with Crippen LogP contribution in [0.15, 0.2) is 63.5 Å². The maximum absolute atomic E-state index is 12.5. The fraction of sp³-hybridized carbons (Fsp3) is 0.105. The predicted octanol–water partition coefficient (Wildman–Crippen LogP) is 0.817. The molecule has 2 aromatic carbocycles. The number of nitrogens with one attached hydrogen (secondary N) is 2. The van der Waals surface area contributed by atoms with Crippen molar-refractivity contribution in [1.82, 2.24) is 10.6 Å². The molecule has 0 aliphatic carbocycles. The van der Waals surface area contributed by atoms with E-state index in [0.29, 0.717) is 17.2 Å². The second-order valence-electron chi connectivity index (χ2n) is 6.06. The summed E-state index contributed by atoms with van der Waals surface area (Å²) in [4.78, 5) is 24.5. The molecule has 1 aliphatic heterocycles. The van der Waals surface area contributed by atoms with E-state index in [9.17, 15) is 18.0 Å². The molecule has 0 spiro atoms. The molecule has 1 aliphatic rings. The number of hydrogen-bond acceptors (Lipinski definition) is 7. The zero-order valence-electron chi connectivity index (χ0n) is 16.0. The van der Waals surface area contributed by atoms with Crippen LogP contribution in [-0.2, 0) is 14.8 Å². The smallest absolute Gasteiger partial charge is 0.285 e. The van der Waals surface area contributed by atoms with Crippen LogP contribution in [0.4, 0.5) is 5.69 Å². The van der Waals surface area contributed by atoms with Gasteiger partial charge in [0.25, 0.3) is 15.9 Å². The van der Waals surface area contributed by atoms with E-state index in [1.54, 1.807) is 6.07 Å². The number of guanidine groups is 1. The Morgan fingerprint density at radius 2 is 1.70 bits per heavy atom. The lowest BCUT2D eigenvalue weighted by atomic mass is 10.1. The summed E-state index contributed by atoms with van der Waals surface area (Å²) in [7, 11) is -1.20. The number of sulfonamides is 1. The number of amides is 1. The van der Waals surface area contributed by atoms with E-state index in [1.807, 2.05) is 0 Å². The largest absolute Gasteiger partial charge is 0.493 e. The van der Waals surface area contributed by atoms with Crippen LogP contribution < -0.4 is 25.8 Å². The van der Waals surface area contributed by atoms with Crippen LogP contribution in [0, 0.1) is 0 Å². The van der Waals surface area contributed by atoms with Crippen molar-refractivity contribution in [3.63, 3.8) is 0 Å². The van der Waals surface area contributed by atoms with Crippen molar-refractivity contribution >= 4 is 33.4 Å². The van der Waals surface area contributed by atoms with E-state index in [2.05, 4.69) is 15.0 Å². The van der Waals surface area contributed by atoms with Crippen molar-refractivity contribution in [3.05, 3.63) is 59.8 Å². The highest BCUT2D eigenvalue weighted by molar-refractivity contribution is 7.90. The molecule has 2 aromatic rings. The monoisotopic (exact) mass is 430 g/mol. The van der Waals surface area contributed by atoms with E-state index >= 15 is 0 Å². The summed E-state index contributed by atoms with van der Waals surface area (Å²) in [6.07, 6.45) is 1.04. The molecule has 0 unspecified atom stereocenters. The van der Waals surface area contributed by atoms with E-state index in [-0.39, 0.29) is 22.1 Å². The molecule has 0 atom stereocenters. The lowest BCUT2D eigenvalue weighted by molar-refractivity contribution is -0.115. The molecular formula is C19H18N4O6S. The first kappa shape index (κ1) is 20.9. The van der Waals surface area contributed by atoms with Crippen molar-refractivity contribution in [1.29, 1.82) is 0 Å². The van der Waals surface area contributed by atoms with E-state index < -0.39 is 21.7 Å². The first-order valence-electron chi connectivity index (χ1n) is 8.50. The maximum Gasteiger partial charge on any atom is 0.285 e. The van der Waals surface area contributed by atoms with Crippen LogP contribution in [0.5, 0.6) is 11.5 Å². The Hall–Kier alpha value is -3.86. The first-order valence-corrected chi connectivity index (χ1v) is 9.94. The van der Waals surface area contributed by atoms with Gasteiger partial charge in [-0.05, 0) is 42.5 Å². The number of benzene rings is 2. The number of anilines is 1. The van der Waals surface area contributed by atoms with Gasteiger partial charge in [0.05, 0.1) is 19.1 Å². The van der Waals surface area contributed by atoms with Gasteiger partial charge in [-0.25, -0.2) is 0 Å². The number of ketones is 1. The van der Waals surface area contributed by atoms with E-state index in [4.69, 9.17) is 15.2 Å². The lowest BCUT2D eigenvalue weighted by Crippen LogP contribution is -2.26. The molecule has 4 N–H and O–H groups in total. The summed E-state index contributed by atoms with van der Waals surface area (Å²) >= 11 is 0. The number of methoxy groups -OCH3 is 2. The van der Waals surface area contributed by atoms with Gasteiger partial charge in [-0.15, -0.1) is 4.40 Å². The zero-order chi connectivity index (χ0) is 21.9. The molecule has 156 valence electrons. The highest BCUT2D eigenvalue weighted by Gasteiger charge is 2.26. The summed E-state index contributed by atoms with van der Waals surface area (Å²) in [5, 5.41) is 4.77. The Morgan fingerprint density at radius 3 is 2.33 bits per heavy atom. The summed E-state index contributed by atoms with van der Waals surface area (Å²) in [5.41, 5.74) is 6.03. The van der Waals surface area contributed by atoms with Crippen LogP contribution in [0.1, 0.15) is 10.4 Å². The predicted molar refractivity (Wildman–Crippen MR) is 109 cm³/mol. The molecule has 0 aromatic heterocycles. The number of nitrogens with zero attached hydrogens (tertiary/aromatic N) is 1. The molecular weight excluding hydrogens is 412 g/mol. The van der Waals surface area contributed by atoms with Gasteiger partial charge < -0.3 is 20.5 Å². The molecule has 10 nitrogen and oxygen atoms in total. The third-order valence-corrected chi connectivity index (χ3v) is 5.35. The minimum absolute atomic E-state index is 0.0981. The average Bonchev–Trinajstić information content (AvgIpc) is 3.05. The van der Waals surface area contributed by atoms with Crippen LogP contribution in [0.2, 0.25) is 0 Å². The first-order chi connectivity index (χ1) is 14.2. The number of nitrogens with two attached hydrogens (primary N) is 1. The number of ether oxygens (including phenoxy) is 2. The number of hydrogen-bond donors (Lipinski definition) is 3. The molecule has 3 rings (SSSR count). The molecule has 1 saturated heterocycles. The Labute approximate surface area is 172 Å². The van der Waals surface area contributed by atoms with Gasteiger partial charge >= 0.3 is 0 Å². The maximum atomic E-state index is 12.5. The van der Waals surface area contributed by atoms with E-state index in [1.165, 1.54) is 50.6 Å². The Kier molecular flexibility index (Phi) is 5.74. The standard InChI is InChI=1S/C19H18N4O6S/c1-28-16-8-3-11(9-17(16)29-2)15(24)10-14-18(25)22-19(21-14)23-30(26,27)13-6-4-12(20)5-7-13/h3-10H,20H2,1-2H3,(H2,21,22,23,25)/b14-10-. The van der Waals surface area contributed by atoms with Gasteiger partial charge in [0.1, 0.15) is 5.70 Å². The minimum Gasteiger partial charge on any atom is -0.493 e. The van der Waals surface area contributed by atoms with Crippen molar-refractivity contribution in [2.75, 3.05) is 20.0 Å². The van der Waals surface area contributed by atoms with E-state index in [0.717, 1.165) is 6.08 Å². The Balaban J connectivity index is 1.83. The highest BCUT2D eigenvalue weighted by atomic mass is 32.2. The van der Waals surface area contributed by atoms with Gasteiger partial charge in [0, 0.05) is 17.3 Å². The van der Waals surface area contributed by atoms with Crippen LogP contribution in [-0.4, -0.2) is 40.3 Å². The lowest BCUT2D eigenvalue weighted by Gasteiger charge is -2.08. The van der Waals surface area contributed by atoms with Gasteiger partial charge in [0.2, 0.25) is 5.96 Å². The quantitative estimate of drug-likeness (QED) is 0.346. The zero-order valence-corrected chi connectivity index (χ0v) is 16.8. The average molecular weight is 430 g/mol. The van der Waals surface area contributed by atoms with Crippen molar-refractivity contribution < 1.29 is 27.5 Å². The number of allylic oxidation sites excluding steroid dienone is 1. The van der Waals surface area contributed by atoms with Gasteiger partial charge in [-0.2, -0.15) is 8.42 Å². The van der Waals surface area contributed by atoms with Crippen molar-refractivity contribution in [2.45, 2.75) is 4.90 Å². The molecule has 0 saturated carbocycles. The van der Waals surface area contributed by atoms with Crippen LogP contribution in [0.3, 0.4) is 0 Å². The normalized spacial score (nSPS) is 16.3. The van der Waals surface area contributed by atoms with Gasteiger partial charge in [-0.1, -0.05) is 0 Å². The third-order valence-electron chi connectivity index (χ3n) is 4.06. The number of carbonyl (C=O) groups excluding carboxylic acids is 2. The highest BCUT2D eigenvalue weighted by Crippen LogP contribution is 2.28. The molecule has 1 amide bonds. The van der Waals surface area contributed by atoms with Crippen LogP contribution >= 0.6 is 0 Å². The molecule has 0 radical (unpaired) electrons. The number of carbonyl (C=O) groups is 2. The molecule has 1 fully saturated rings. The SMILES string of the molecule is COc1ccc(C(=O)/C=C2\N/C(=N/S(=O)(=O)c3ccc(N)cc3)NC2=O)cc1OC. The summed E-state index contributed by atoms with van der Waals surface area (Å²) in [6, 6.07) is 9.95. The molecule has 11 heteroatoms. The van der Waals surface area contributed by atoms with Gasteiger partial charge in [0.15, 0.2) is 17.3 Å².